The lowest BCUT2D eigenvalue weighted by Gasteiger charge is -2.23. The van der Waals surface area contributed by atoms with Gasteiger partial charge in [0.05, 0.1) is 22.5 Å². The summed E-state index contributed by atoms with van der Waals surface area (Å²) in [6, 6.07) is 14.9. The number of halogens is 1. The summed E-state index contributed by atoms with van der Waals surface area (Å²) in [5.41, 5.74) is 4.34. The lowest BCUT2D eigenvalue weighted by atomic mass is 10.1. The van der Waals surface area contributed by atoms with Gasteiger partial charge in [-0.2, -0.15) is 5.10 Å². The number of nitrogens with one attached hydrogen (secondary N) is 1. The predicted octanol–water partition coefficient (Wildman–Crippen LogP) is 7.33. The van der Waals surface area contributed by atoms with Crippen molar-refractivity contribution < 1.29 is 13.9 Å². The molecule has 1 aliphatic heterocycles. The minimum Gasteiger partial charge on any atom is -0.356 e. The Kier molecular flexibility index (Phi) is 9.21. The zero-order valence-electron chi connectivity index (χ0n) is 24.8. The Labute approximate surface area is 256 Å². The van der Waals surface area contributed by atoms with E-state index in [2.05, 4.69) is 41.2 Å². The molecule has 7 nitrogen and oxygen atoms in total. The molecule has 1 amide bonds. The van der Waals surface area contributed by atoms with Gasteiger partial charge in [0, 0.05) is 40.6 Å². The SMILES string of the molecule is CCN(CC)Cc1ccc(/C=C/c2nn(C3CCCCO3)c3cc(Sc4cc(F)ccc4C(=O)NC4CC4)ccc23)nc1. The van der Waals surface area contributed by atoms with Crippen molar-refractivity contribution in [1.29, 1.82) is 0 Å². The highest BCUT2D eigenvalue weighted by molar-refractivity contribution is 7.99. The Morgan fingerprint density at radius 2 is 1.95 bits per heavy atom. The highest BCUT2D eigenvalue weighted by atomic mass is 32.2. The van der Waals surface area contributed by atoms with Crippen LogP contribution in [0.15, 0.2) is 64.5 Å². The van der Waals surface area contributed by atoms with Crippen LogP contribution in [0.1, 0.15) is 79.5 Å². The number of carbonyl (C=O) groups excluding carboxylic acids is 1. The number of ether oxygens (including phenoxy) is 1. The van der Waals surface area contributed by atoms with E-state index in [1.165, 1.54) is 29.5 Å². The summed E-state index contributed by atoms with van der Waals surface area (Å²) in [6.45, 7) is 7.96. The topological polar surface area (TPSA) is 72.3 Å². The minimum absolute atomic E-state index is 0.148. The molecule has 1 saturated heterocycles. The molecule has 4 aromatic rings. The van der Waals surface area contributed by atoms with Crippen molar-refractivity contribution in [2.75, 3.05) is 19.7 Å². The maximum Gasteiger partial charge on any atom is 0.252 e. The van der Waals surface area contributed by atoms with Crippen molar-refractivity contribution in [2.45, 2.75) is 74.6 Å². The minimum atomic E-state index is -0.366. The Morgan fingerprint density at radius 3 is 2.67 bits per heavy atom. The summed E-state index contributed by atoms with van der Waals surface area (Å²) in [4.78, 5) is 21.4. The van der Waals surface area contributed by atoms with E-state index in [1.807, 2.05) is 41.2 Å². The molecule has 9 heteroatoms. The fourth-order valence-electron chi connectivity index (χ4n) is 5.35. The molecule has 43 heavy (non-hydrogen) atoms. The second kappa shape index (κ2) is 13.4. The number of nitrogens with zero attached hydrogens (tertiary/aromatic N) is 4. The molecule has 1 N–H and O–H groups in total. The van der Waals surface area contributed by atoms with Crippen LogP contribution in [0.2, 0.25) is 0 Å². The second-order valence-electron chi connectivity index (χ2n) is 11.2. The van der Waals surface area contributed by atoms with Crippen LogP contribution < -0.4 is 5.32 Å². The third-order valence-electron chi connectivity index (χ3n) is 8.02. The summed E-state index contributed by atoms with van der Waals surface area (Å²) >= 11 is 1.39. The average molecular weight is 600 g/mol. The molecule has 1 aliphatic carbocycles. The fourth-order valence-corrected chi connectivity index (χ4v) is 6.35. The first-order chi connectivity index (χ1) is 21.0. The first-order valence-corrected chi connectivity index (χ1v) is 16.1. The highest BCUT2D eigenvalue weighted by Crippen LogP contribution is 2.36. The molecule has 6 rings (SSSR count). The zero-order valence-corrected chi connectivity index (χ0v) is 25.6. The first kappa shape index (κ1) is 29.5. The Balaban J connectivity index is 1.29. The van der Waals surface area contributed by atoms with Gasteiger partial charge in [0.1, 0.15) is 5.82 Å². The van der Waals surface area contributed by atoms with Crippen molar-refractivity contribution in [3.05, 3.63) is 83.1 Å². The lowest BCUT2D eigenvalue weighted by Crippen LogP contribution is -2.25. The van der Waals surface area contributed by atoms with Gasteiger partial charge in [0.25, 0.3) is 5.91 Å². The monoisotopic (exact) mass is 599 g/mol. The Hall–Kier alpha value is -3.53. The maximum atomic E-state index is 14.3. The molecule has 2 aromatic carbocycles. The van der Waals surface area contributed by atoms with E-state index in [4.69, 9.17) is 9.84 Å². The van der Waals surface area contributed by atoms with E-state index >= 15 is 0 Å². The van der Waals surface area contributed by atoms with E-state index in [1.54, 1.807) is 6.07 Å². The summed E-state index contributed by atoms with van der Waals surface area (Å²) in [7, 11) is 0. The zero-order chi connectivity index (χ0) is 29.8. The number of aromatic nitrogens is 3. The molecule has 224 valence electrons. The molecule has 1 unspecified atom stereocenters. The lowest BCUT2D eigenvalue weighted by molar-refractivity contribution is -0.0367. The van der Waals surface area contributed by atoms with E-state index in [0.717, 1.165) is 78.9 Å². The molecule has 1 saturated carbocycles. The van der Waals surface area contributed by atoms with Crippen molar-refractivity contribution in [1.82, 2.24) is 25.0 Å². The van der Waals surface area contributed by atoms with Gasteiger partial charge in [0.2, 0.25) is 0 Å². The molecule has 0 bridgehead atoms. The molecular weight excluding hydrogens is 561 g/mol. The van der Waals surface area contributed by atoms with Gasteiger partial charge >= 0.3 is 0 Å². The summed E-state index contributed by atoms with van der Waals surface area (Å²) in [6.07, 6.45) is 10.8. The molecule has 1 atom stereocenters. The van der Waals surface area contributed by atoms with Gasteiger partial charge in [0.15, 0.2) is 6.23 Å². The standard InChI is InChI=1S/C34H38FN5O2S/c1-3-39(4-2)22-23-8-10-25(36-21-23)13-17-30-28-16-14-27(20-31(28)40(38-30)33-7-5-6-18-42-33)43-32-19-24(35)9-15-29(32)34(41)37-26-11-12-26/h8-10,13-17,19-21,26,33H,3-7,11-12,18,22H2,1-2H3,(H,37,41)/b17-13+. The summed E-state index contributed by atoms with van der Waals surface area (Å²) in [5, 5.41) is 9.02. The van der Waals surface area contributed by atoms with Gasteiger partial charge in [-0.25, -0.2) is 9.07 Å². The number of fused-ring (bicyclic) bond motifs is 1. The largest absolute Gasteiger partial charge is 0.356 e. The van der Waals surface area contributed by atoms with Crippen LogP contribution in [0.3, 0.4) is 0 Å². The molecule has 2 aromatic heterocycles. The van der Waals surface area contributed by atoms with Crippen LogP contribution in [0.5, 0.6) is 0 Å². The number of hydrogen-bond acceptors (Lipinski definition) is 6. The van der Waals surface area contributed by atoms with Crippen LogP contribution in [0.25, 0.3) is 23.1 Å². The average Bonchev–Trinajstić information content (AvgIpc) is 3.78. The first-order valence-electron chi connectivity index (χ1n) is 15.3. The number of hydrogen-bond donors (Lipinski definition) is 1. The van der Waals surface area contributed by atoms with Crippen LogP contribution in [-0.2, 0) is 11.3 Å². The van der Waals surface area contributed by atoms with Crippen LogP contribution in [-0.4, -0.2) is 51.3 Å². The van der Waals surface area contributed by atoms with Crippen molar-refractivity contribution >= 4 is 40.7 Å². The van der Waals surface area contributed by atoms with Crippen molar-refractivity contribution in [3.8, 4) is 0 Å². The number of amides is 1. The molecule has 0 spiro atoms. The van der Waals surface area contributed by atoms with Crippen LogP contribution >= 0.6 is 11.8 Å². The van der Waals surface area contributed by atoms with Crippen molar-refractivity contribution in [3.63, 3.8) is 0 Å². The summed E-state index contributed by atoms with van der Waals surface area (Å²) < 4.78 is 22.4. The molecule has 2 aliphatic rings. The number of rotatable bonds is 11. The molecular formula is C34H38FN5O2S. The van der Waals surface area contributed by atoms with E-state index < -0.39 is 0 Å². The van der Waals surface area contributed by atoms with Gasteiger partial charge in [-0.1, -0.05) is 31.7 Å². The quantitative estimate of drug-likeness (QED) is 0.195. The third kappa shape index (κ3) is 7.17. The second-order valence-corrected chi connectivity index (χ2v) is 12.3. The van der Waals surface area contributed by atoms with Gasteiger partial charge < -0.3 is 10.1 Å². The predicted molar refractivity (Wildman–Crippen MR) is 169 cm³/mol. The Bertz CT molecular complexity index is 1610. The van der Waals surface area contributed by atoms with Gasteiger partial charge in [-0.05, 0) is 105 Å². The van der Waals surface area contributed by atoms with E-state index in [0.29, 0.717) is 17.1 Å². The van der Waals surface area contributed by atoms with E-state index in [9.17, 15) is 9.18 Å². The fraction of sp³-hybridized carbons (Fsp3) is 0.382. The number of carbonyl (C=O) groups is 1. The molecule has 0 radical (unpaired) electrons. The number of benzene rings is 2. The Morgan fingerprint density at radius 1 is 1.09 bits per heavy atom. The van der Waals surface area contributed by atoms with Gasteiger partial charge in [-0.3, -0.25) is 14.7 Å². The van der Waals surface area contributed by atoms with Crippen molar-refractivity contribution in [2.24, 2.45) is 0 Å². The molecule has 3 heterocycles. The number of pyridine rings is 1. The van der Waals surface area contributed by atoms with E-state index in [-0.39, 0.29) is 24.0 Å². The van der Waals surface area contributed by atoms with Gasteiger partial charge in [-0.15, -0.1) is 0 Å². The highest BCUT2D eigenvalue weighted by Gasteiger charge is 2.26. The maximum absolute atomic E-state index is 14.3. The van der Waals surface area contributed by atoms with Crippen LogP contribution in [0, 0.1) is 5.82 Å². The smallest absolute Gasteiger partial charge is 0.252 e. The molecule has 2 fully saturated rings. The summed E-state index contributed by atoms with van der Waals surface area (Å²) in [5.74, 6) is -0.525. The van der Waals surface area contributed by atoms with Crippen LogP contribution in [0.4, 0.5) is 4.39 Å². The normalized spacial score (nSPS) is 17.3. The third-order valence-corrected chi connectivity index (χ3v) is 9.07.